The molecule has 1 aromatic heterocycles. The lowest BCUT2D eigenvalue weighted by Gasteiger charge is -2.08. The first kappa shape index (κ1) is 17.4. The number of amides is 1. The van der Waals surface area contributed by atoms with Gasteiger partial charge in [0.15, 0.2) is 0 Å². The quantitative estimate of drug-likeness (QED) is 0.577. The minimum Gasteiger partial charge on any atom is -0.322 e. The number of hydrogen-bond donors (Lipinski definition) is 1. The highest BCUT2D eigenvalue weighted by atomic mass is 79.9. The number of anilines is 1. The number of aromatic nitrogens is 1. The fourth-order valence-electron chi connectivity index (χ4n) is 2.25. The lowest BCUT2D eigenvalue weighted by atomic mass is 10.1. The van der Waals surface area contributed by atoms with Crippen LogP contribution in [0, 0.1) is 0 Å². The molecule has 0 aliphatic carbocycles. The number of nitrogens with one attached hydrogen (secondary N) is 1. The van der Waals surface area contributed by atoms with Gasteiger partial charge in [-0.1, -0.05) is 51.8 Å². The van der Waals surface area contributed by atoms with Crippen molar-refractivity contribution in [3.8, 4) is 0 Å². The van der Waals surface area contributed by atoms with Crippen molar-refractivity contribution in [2.45, 2.75) is 0 Å². The van der Waals surface area contributed by atoms with Gasteiger partial charge in [0, 0.05) is 16.4 Å². The molecule has 0 aliphatic rings. The highest BCUT2D eigenvalue weighted by Gasteiger charge is 2.11. The van der Waals surface area contributed by atoms with E-state index in [1.54, 1.807) is 24.4 Å². The molecule has 0 unspecified atom stereocenters. The van der Waals surface area contributed by atoms with Gasteiger partial charge in [-0.2, -0.15) is 0 Å². The fourth-order valence-corrected chi connectivity index (χ4v) is 2.81. The molecular weight excluding hydrogens is 400 g/mol. The topological polar surface area (TPSA) is 42.0 Å². The van der Waals surface area contributed by atoms with E-state index in [0.717, 1.165) is 15.7 Å². The zero-order chi connectivity index (χ0) is 17.6. The number of halogens is 2. The highest BCUT2D eigenvalue weighted by molar-refractivity contribution is 9.10. The van der Waals surface area contributed by atoms with Gasteiger partial charge < -0.3 is 5.32 Å². The van der Waals surface area contributed by atoms with Crippen molar-refractivity contribution in [3.63, 3.8) is 0 Å². The van der Waals surface area contributed by atoms with Crippen LogP contribution in [0.25, 0.3) is 12.2 Å². The van der Waals surface area contributed by atoms with Crippen LogP contribution in [0.5, 0.6) is 0 Å². The molecule has 0 spiro atoms. The normalized spacial score (nSPS) is 10.8. The number of pyridine rings is 1. The molecule has 0 saturated carbocycles. The number of nitrogens with zero attached hydrogens (tertiary/aromatic N) is 1. The molecule has 3 nitrogen and oxygen atoms in total. The first-order chi connectivity index (χ1) is 12.1. The molecule has 1 N–H and O–H groups in total. The molecule has 3 rings (SSSR count). The molecule has 3 aromatic rings. The van der Waals surface area contributed by atoms with Crippen LogP contribution in [0.2, 0.25) is 5.02 Å². The van der Waals surface area contributed by atoms with Crippen LogP contribution in [0.15, 0.2) is 71.3 Å². The van der Waals surface area contributed by atoms with Crippen molar-refractivity contribution in [2.75, 3.05) is 5.32 Å². The van der Waals surface area contributed by atoms with Gasteiger partial charge in [-0.3, -0.25) is 9.78 Å². The third kappa shape index (κ3) is 4.78. The van der Waals surface area contributed by atoms with Crippen molar-refractivity contribution < 1.29 is 4.79 Å². The number of carbonyl (C=O) groups is 1. The predicted molar refractivity (Wildman–Crippen MR) is 107 cm³/mol. The van der Waals surface area contributed by atoms with Gasteiger partial charge in [-0.15, -0.1) is 0 Å². The van der Waals surface area contributed by atoms with Crippen LogP contribution >= 0.6 is 27.5 Å². The van der Waals surface area contributed by atoms with Gasteiger partial charge >= 0.3 is 0 Å². The Labute approximate surface area is 159 Å². The SMILES string of the molecule is O=C(Nc1cccc(/C=C\c2ccccn2)c1)c1cc(Br)ccc1Cl. The summed E-state index contributed by atoms with van der Waals surface area (Å²) in [5.41, 5.74) is 2.95. The van der Waals surface area contributed by atoms with E-state index in [2.05, 4.69) is 26.2 Å². The Balaban J connectivity index is 1.76. The van der Waals surface area contributed by atoms with E-state index in [1.807, 2.05) is 54.6 Å². The molecule has 124 valence electrons. The molecule has 1 heterocycles. The lowest BCUT2D eigenvalue weighted by molar-refractivity contribution is 0.102. The highest BCUT2D eigenvalue weighted by Crippen LogP contribution is 2.22. The van der Waals surface area contributed by atoms with E-state index in [0.29, 0.717) is 16.3 Å². The Morgan fingerprint density at radius 1 is 1.04 bits per heavy atom. The maximum atomic E-state index is 12.4. The average Bonchev–Trinajstić information content (AvgIpc) is 2.63. The summed E-state index contributed by atoms with van der Waals surface area (Å²) < 4.78 is 0.800. The van der Waals surface area contributed by atoms with E-state index >= 15 is 0 Å². The van der Waals surface area contributed by atoms with Crippen LogP contribution in [-0.2, 0) is 0 Å². The van der Waals surface area contributed by atoms with Gasteiger partial charge in [-0.05, 0) is 54.1 Å². The molecule has 5 heteroatoms. The zero-order valence-electron chi connectivity index (χ0n) is 13.1. The zero-order valence-corrected chi connectivity index (χ0v) is 15.5. The molecule has 2 aromatic carbocycles. The first-order valence-electron chi connectivity index (χ1n) is 7.57. The molecule has 25 heavy (non-hydrogen) atoms. The minimum atomic E-state index is -0.253. The van der Waals surface area contributed by atoms with Gasteiger partial charge in [-0.25, -0.2) is 0 Å². The Kier molecular flexibility index (Phi) is 5.64. The summed E-state index contributed by atoms with van der Waals surface area (Å²) in [4.78, 5) is 16.7. The fraction of sp³-hybridized carbons (Fsp3) is 0. The molecule has 0 radical (unpaired) electrons. The monoisotopic (exact) mass is 412 g/mol. The average molecular weight is 414 g/mol. The van der Waals surface area contributed by atoms with Crippen LogP contribution < -0.4 is 5.32 Å². The first-order valence-corrected chi connectivity index (χ1v) is 8.74. The summed E-state index contributed by atoms with van der Waals surface area (Å²) >= 11 is 9.46. The second kappa shape index (κ2) is 8.10. The number of rotatable bonds is 4. The molecule has 0 fully saturated rings. The summed E-state index contributed by atoms with van der Waals surface area (Å²) in [7, 11) is 0. The second-order valence-corrected chi connectivity index (χ2v) is 6.61. The van der Waals surface area contributed by atoms with Crippen molar-refractivity contribution in [1.82, 2.24) is 4.98 Å². The molecule has 0 atom stereocenters. The van der Waals surface area contributed by atoms with Crippen LogP contribution in [0.3, 0.4) is 0 Å². The van der Waals surface area contributed by atoms with Crippen molar-refractivity contribution in [2.24, 2.45) is 0 Å². The van der Waals surface area contributed by atoms with Crippen LogP contribution in [-0.4, -0.2) is 10.9 Å². The smallest absolute Gasteiger partial charge is 0.257 e. The number of carbonyl (C=O) groups excluding carboxylic acids is 1. The summed E-state index contributed by atoms with van der Waals surface area (Å²) in [5, 5.41) is 3.28. The van der Waals surface area contributed by atoms with E-state index in [4.69, 9.17) is 11.6 Å². The third-order valence-electron chi connectivity index (χ3n) is 3.45. The van der Waals surface area contributed by atoms with E-state index in [1.165, 1.54) is 0 Å². The summed E-state index contributed by atoms with van der Waals surface area (Å²) in [6, 6.07) is 18.5. The van der Waals surface area contributed by atoms with Gasteiger partial charge in [0.1, 0.15) is 0 Å². The molecule has 0 saturated heterocycles. The van der Waals surface area contributed by atoms with Crippen LogP contribution in [0.4, 0.5) is 5.69 Å². The third-order valence-corrected chi connectivity index (χ3v) is 4.27. The van der Waals surface area contributed by atoms with Gasteiger partial charge in [0.05, 0.1) is 16.3 Å². The molecule has 0 bridgehead atoms. The Bertz CT molecular complexity index is 926. The Morgan fingerprint density at radius 2 is 1.92 bits per heavy atom. The van der Waals surface area contributed by atoms with Gasteiger partial charge in [0.25, 0.3) is 5.91 Å². The molecule has 0 aliphatic heterocycles. The molecule has 1 amide bonds. The van der Waals surface area contributed by atoms with Gasteiger partial charge in [0.2, 0.25) is 0 Å². The van der Waals surface area contributed by atoms with Crippen molar-refractivity contribution >= 4 is 51.3 Å². The maximum absolute atomic E-state index is 12.4. The predicted octanol–water partition coefficient (Wildman–Crippen LogP) is 5.92. The Hall–Kier alpha value is -2.43. The Morgan fingerprint density at radius 3 is 2.72 bits per heavy atom. The number of benzene rings is 2. The summed E-state index contributed by atoms with van der Waals surface area (Å²) in [6.07, 6.45) is 5.62. The maximum Gasteiger partial charge on any atom is 0.257 e. The van der Waals surface area contributed by atoms with E-state index in [-0.39, 0.29) is 5.91 Å². The summed E-state index contributed by atoms with van der Waals surface area (Å²) in [5.74, 6) is -0.253. The minimum absolute atomic E-state index is 0.253. The second-order valence-electron chi connectivity index (χ2n) is 5.29. The van der Waals surface area contributed by atoms with Crippen molar-refractivity contribution in [3.05, 3.63) is 93.2 Å². The molecular formula is C20H14BrClN2O. The standard InChI is InChI=1S/C20H14BrClN2O/c21-15-8-10-19(22)18(13-15)20(25)24-17-6-3-4-14(12-17)7-9-16-5-1-2-11-23-16/h1-13H,(H,24,25)/b9-7-. The van der Waals surface area contributed by atoms with E-state index in [9.17, 15) is 4.79 Å². The largest absolute Gasteiger partial charge is 0.322 e. The lowest BCUT2D eigenvalue weighted by Crippen LogP contribution is -2.12. The number of hydrogen-bond acceptors (Lipinski definition) is 2. The summed E-state index contributed by atoms with van der Waals surface area (Å²) in [6.45, 7) is 0. The van der Waals surface area contributed by atoms with Crippen LogP contribution in [0.1, 0.15) is 21.6 Å². The van der Waals surface area contributed by atoms with Crippen molar-refractivity contribution in [1.29, 1.82) is 0 Å². The van der Waals surface area contributed by atoms with E-state index < -0.39 is 0 Å².